The molecule has 4 nitrogen and oxygen atoms in total. The maximum absolute atomic E-state index is 12.8. The lowest BCUT2D eigenvalue weighted by molar-refractivity contribution is 0.0837. The van der Waals surface area contributed by atoms with Gasteiger partial charge in [-0.05, 0) is 37.9 Å². The van der Waals surface area contributed by atoms with Crippen LogP contribution in [0.4, 0.5) is 4.39 Å². The van der Waals surface area contributed by atoms with E-state index in [0.29, 0.717) is 18.8 Å². The van der Waals surface area contributed by atoms with Crippen LogP contribution in [0.15, 0.2) is 18.3 Å². The molecule has 0 radical (unpaired) electrons. The molecule has 1 aliphatic carbocycles. The quantitative estimate of drug-likeness (QED) is 0.518. The monoisotopic (exact) mass is 294 g/mol. The van der Waals surface area contributed by atoms with Gasteiger partial charge in [-0.25, -0.2) is 4.39 Å². The van der Waals surface area contributed by atoms with Crippen LogP contribution < -0.4 is 0 Å². The maximum atomic E-state index is 12.8. The molecule has 21 heavy (non-hydrogen) atoms. The third kappa shape index (κ3) is 5.52. The Bertz CT molecular complexity index is 460. The Hall–Kier alpha value is -1.33. The number of Topliss-reactive ketones (excluding diaryl/α,β-unsaturated/α-hetero) is 1. The molecule has 1 aromatic heterocycles. The van der Waals surface area contributed by atoms with E-state index in [1.165, 1.54) is 25.0 Å². The van der Waals surface area contributed by atoms with Crippen molar-refractivity contribution in [2.75, 3.05) is 33.4 Å². The van der Waals surface area contributed by atoms with Crippen molar-refractivity contribution in [1.29, 1.82) is 0 Å². The van der Waals surface area contributed by atoms with E-state index in [-0.39, 0.29) is 11.7 Å². The van der Waals surface area contributed by atoms with Crippen molar-refractivity contribution in [2.45, 2.75) is 19.8 Å². The number of likely N-dealkylation sites (N-methyl/N-ethyl adjacent to an activating group) is 1. The molecule has 0 bridgehead atoms. The van der Waals surface area contributed by atoms with Crippen molar-refractivity contribution >= 4 is 5.78 Å². The maximum Gasteiger partial charge on any atom is 0.185 e. The van der Waals surface area contributed by atoms with Crippen molar-refractivity contribution in [3.05, 3.63) is 29.8 Å². The van der Waals surface area contributed by atoms with Crippen LogP contribution in [-0.2, 0) is 4.74 Å². The Morgan fingerprint density at radius 3 is 2.90 bits per heavy atom. The molecule has 116 valence electrons. The fourth-order valence-corrected chi connectivity index (χ4v) is 2.17. The minimum Gasteiger partial charge on any atom is -0.380 e. The SMILES string of the molecule is CC(CN(C)CCOCC1CC1)C(=O)c1ccc(F)cn1. The number of ether oxygens (including phenoxy) is 1. The summed E-state index contributed by atoms with van der Waals surface area (Å²) in [5, 5.41) is 0. The summed E-state index contributed by atoms with van der Waals surface area (Å²) >= 11 is 0. The second-order valence-corrected chi connectivity index (χ2v) is 5.91. The number of nitrogens with zero attached hydrogens (tertiary/aromatic N) is 2. The highest BCUT2D eigenvalue weighted by atomic mass is 19.1. The van der Waals surface area contributed by atoms with Crippen LogP contribution in [0.25, 0.3) is 0 Å². The van der Waals surface area contributed by atoms with Crippen LogP contribution in [0.2, 0.25) is 0 Å². The van der Waals surface area contributed by atoms with Gasteiger partial charge in [0.05, 0.1) is 12.8 Å². The number of halogens is 1. The molecule has 1 aliphatic rings. The zero-order chi connectivity index (χ0) is 15.2. The van der Waals surface area contributed by atoms with Gasteiger partial charge in [0.15, 0.2) is 5.78 Å². The van der Waals surface area contributed by atoms with Crippen molar-refractivity contribution in [1.82, 2.24) is 9.88 Å². The topological polar surface area (TPSA) is 42.4 Å². The van der Waals surface area contributed by atoms with E-state index in [2.05, 4.69) is 9.88 Å². The van der Waals surface area contributed by atoms with Gasteiger partial charge in [0.2, 0.25) is 0 Å². The first-order chi connectivity index (χ1) is 10.1. The van der Waals surface area contributed by atoms with Crippen molar-refractivity contribution in [3.8, 4) is 0 Å². The van der Waals surface area contributed by atoms with Gasteiger partial charge in [-0.1, -0.05) is 6.92 Å². The van der Waals surface area contributed by atoms with Crippen LogP contribution in [-0.4, -0.2) is 49.0 Å². The molecule has 2 rings (SSSR count). The van der Waals surface area contributed by atoms with Gasteiger partial charge in [0, 0.05) is 25.6 Å². The molecule has 1 atom stereocenters. The van der Waals surface area contributed by atoms with Gasteiger partial charge in [-0.15, -0.1) is 0 Å². The molecule has 1 heterocycles. The Morgan fingerprint density at radius 1 is 1.52 bits per heavy atom. The van der Waals surface area contributed by atoms with E-state index in [9.17, 15) is 9.18 Å². The standard InChI is InChI=1S/C16H23FN2O2/c1-12(16(20)15-6-5-14(17)9-18-15)10-19(2)7-8-21-11-13-3-4-13/h5-6,9,12-13H,3-4,7-8,10-11H2,1-2H3. The second-order valence-electron chi connectivity index (χ2n) is 5.91. The number of ketones is 1. The minimum absolute atomic E-state index is 0.0549. The fraction of sp³-hybridized carbons (Fsp3) is 0.625. The molecule has 5 heteroatoms. The van der Waals surface area contributed by atoms with Crippen LogP contribution in [0.5, 0.6) is 0 Å². The number of carbonyl (C=O) groups is 1. The molecule has 1 fully saturated rings. The normalized spacial score (nSPS) is 16.2. The number of carbonyl (C=O) groups excluding carboxylic acids is 1. The molecule has 1 aromatic rings. The van der Waals surface area contributed by atoms with Gasteiger partial charge in [0.1, 0.15) is 11.5 Å². The molecule has 0 aromatic carbocycles. The summed E-state index contributed by atoms with van der Waals surface area (Å²) < 4.78 is 18.4. The molecular formula is C16H23FN2O2. The molecular weight excluding hydrogens is 271 g/mol. The van der Waals surface area contributed by atoms with E-state index >= 15 is 0 Å². The molecule has 0 N–H and O–H groups in total. The summed E-state index contributed by atoms with van der Waals surface area (Å²) in [6.45, 7) is 4.88. The number of hydrogen-bond acceptors (Lipinski definition) is 4. The molecule has 1 unspecified atom stereocenters. The first-order valence-corrected chi connectivity index (χ1v) is 7.48. The van der Waals surface area contributed by atoms with Crippen LogP contribution in [0.1, 0.15) is 30.3 Å². The summed E-state index contributed by atoms with van der Waals surface area (Å²) in [5.74, 6) is 0.127. The minimum atomic E-state index is -0.427. The Balaban J connectivity index is 1.69. The number of rotatable bonds is 9. The predicted molar refractivity (Wildman–Crippen MR) is 78.7 cm³/mol. The van der Waals surface area contributed by atoms with Crippen molar-refractivity contribution < 1.29 is 13.9 Å². The number of pyridine rings is 1. The number of hydrogen-bond donors (Lipinski definition) is 0. The highest BCUT2D eigenvalue weighted by Crippen LogP contribution is 2.28. The third-order valence-electron chi connectivity index (χ3n) is 3.68. The lowest BCUT2D eigenvalue weighted by Crippen LogP contribution is -2.31. The molecule has 0 aliphatic heterocycles. The van der Waals surface area contributed by atoms with Gasteiger partial charge < -0.3 is 9.64 Å². The summed E-state index contributed by atoms with van der Waals surface area (Å²) in [7, 11) is 1.97. The number of aromatic nitrogens is 1. The van der Waals surface area contributed by atoms with E-state index in [1.807, 2.05) is 14.0 Å². The Morgan fingerprint density at radius 2 is 2.29 bits per heavy atom. The lowest BCUT2D eigenvalue weighted by Gasteiger charge is -2.20. The highest BCUT2D eigenvalue weighted by Gasteiger charge is 2.21. The average molecular weight is 294 g/mol. The zero-order valence-corrected chi connectivity index (χ0v) is 12.7. The predicted octanol–water partition coefficient (Wildman–Crippen LogP) is 2.40. The first-order valence-electron chi connectivity index (χ1n) is 7.48. The van der Waals surface area contributed by atoms with Gasteiger partial charge in [0.25, 0.3) is 0 Å². The zero-order valence-electron chi connectivity index (χ0n) is 12.7. The van der Waals surface area contributed by atoms with E-state index in [1.54, 1.807) is 0 Å². The molecule has 0 spiro atoms. The van der Waals surface area contributed by atoms with Crippen LogP contribution >= 0.6 is 0 Å². The fourth-order valence-electron chi connectivity index (χ4n) is 2.17. The van der Waals surface area contributed by atoms with E-state index in [4.69, 9.17) is 4.74 Å². The van der Waals surface area contributed by atoms with Crippen LogP contribution in [0.3, 0.4) is 0 Å². The summed E-state index contributed by atoms with van der Waals surface area (Å²) in [5.41, 5.74) is 0.322. The highest BCUT2D eigenvalue weighted by molar-refractivity contribution is 5.95. The Labute approximate surface area is 125 Å². The van der Waals surface area contributed by atoms with E-state index in [0.717, 1.165) is 25.3 Å². The van der Waals surface area contributed by atoms with Gasteiger partial charge >= 0.3 is 0 Å². The smallest absolute Gasteiger partial charge is 0.185 e. The van der Waals surface area contributed by atoms with Gasteiger partial charge in [-0.2, -0.15) is 0 Å². The molecule has 1 saturated carbocycles. The van der Waals surface area contributed by atoms with E-state index < -0.39 is 5.82 Å². The Kier molecular flexibility index (Phi) is 5.82. The summed E-state index contributed by atoms with van der Waals surface area (Å²) in [4.78, 5) is 18.1. The first kappa shape index (κ1) is 16.0. The molecule has 0 saturated heterocycles. The second kappa shape index (κ2) is 7.61. The van der Waals surface area contributed by atoms with Crippen LogP contribution in [0, 0.1) is 17.7 Å². The lowest BCUT2D eigenvalue weighted by atomic mass is 10.0. The van der Waals surface area contributed by atoms with Gasteiger partial charge in [-0.3, -0.25) is 9.78 Å². The molecule has 0 amide bonds. The summed E-state index contributed by atoms with van der Waals surface area (Å²) in [6, 6.07) is 2.70. The van der Waals surface area contributed by atoms with Crippen molar-refractivity contribution in [3.63, 3.8) is 0 Å². The summed E-state index contributed by atoms with van der Waals surface area (Å²) in [6.07, 6.45) is 3.67. The van der Waals surface area contributed by atoms with Crippen molar-refractivity contribution in [2.24, 2.45) is 11.8 Å². The largest absolute Gasteiger partial charge is 0.380 e. The average Bonchev–Trinajstić information content (AvgIpc) is 3.28. The third-order valence-corrected chi connectivity index (χ3v) is 3.68.